The van der Waals surface area contributed by atoms with Gasteiger partial charge in [0.25, 0.3) is 5.91 Å². The molecule has 0 radical (unpaired) electrons. The molecule has 2 aromatic rings. The molecule has 1 aliphatic rings. The molecule has 24 heavy (non-hydrogen) atoms. The Balaban J connectivity index is 1.83. The van der Waals surface area contributed by atoms with Crippen LogP contribution in [0.25, 0.3) is 11.3 Å². The van der Waals surface area contributed by atoms with Crippen LogP contribution in [-0.4, -0.2) is 33.4 Å². The second kappa shape index (κ2) is 7.09. The molecule has 1 N–H and O–H groups in total. The zero-order chi connectivity index (χ0) is 17.3. The van der Waals surface area contributed by atoms with Gasteiger partial charge in [0.2, 0.25) is 0 Å². The summed E-state index contributed by atoms with van der Waals surface area (Å²) >= 11 is 1.63. The summed E-state index contributed by atoms with van der Waals surface area (Å²) in [5, 5.41) is 3.08. The highest BCUT2D eigenvalue weighted by Crippen LogP contribution is 2.28. The molecular formula is C19H27N3OS. The van der Waals surface area contributed by atoms with Crippen molar-refractivity contribution in [1.29, 1.82) is 0 Å². The fourth-order valence-electron chi connectivity index (χ4n) is 3.54. The molecule has 0 spiro atoms. The predicted octanol–water partition coefficient (Wildman–Crippen LogP) is 4.73. The van der Waals surface area contributed by atoms with E-state index in [1.807, 2.05) is 24.6 Å². The van der Waals surface area contributed by atoms with E-state index in [9.17, 15) is 4.79 Å². The smallest absolute Gasteiger partial charge is 0.270 e. The van der Waals surface area contributed by atoms with E-state index in [2.05, 4.69) is 35.6 Å². The molecule has 130 valence electrons. The van der Waals surface area contributed by atoms with Gasteiger partial charge in [0.1, 0.15) is 5.69 Å². The quantitative estimate of drug-likeness (QED) is 0.874. The highest BCUT2D eigenvalue weighted by Gasteiger charge is 2.30. The van der Waals surface area contributed by atoms with E-state index in [-0.39, 0.29) is 5.91 Å². The molecule has 2 unspecified atom stereocenters. The van der Waals surface area contributed by atoms with Crippen molar-refractivity contribution in [2.75, 3.05) is 6.54 Å². The monoisotopic (exact) mass is 345 g/mol. The lowest BCUT2D eigenvalue weighted by Crippen LogP contribution is -2.43. The summed E-state index contributed by atoms with van der Waals surface area (Å²) in [6, 6.07) is 2.28. The Bertz CT molecular complexity index is 703. The van der Waals surface area contributed by atoms with Gasteiger partial charge in [-0.1, -0.05) is 20.8 Å². The lowest BCUT2D eigenvalue weighted by atomic mass is 9.95. The third-order valence-corrected chi connectivity index (χ3v) is 5.85. The van der Waals surface area contributed by atoms with E-state index in [1.165, 1.54) is 6.42 Å². The number of hydrogen-bond acceptors (Lipinski definition) is 3. The molecule has 1 amide bonds. The van der Waals surface area contributed by atoms with E-state index >= 15 is 0 Å². The predicted molar refractivity (Wildman–Crippen MR) is 99.3 cm³/mol. The highest BCUT2D eigenvalue weighted by atomic mass is 32.1. The summed E-state index contributed by atoms with van der Waals surface area (Å²) in [4.78, 5) is 22.9. The van der Waals surface area contributed by atoms with Gasteiger partial charge in [-0.2, -0.15) is 0 Å². The summed E-state index contributed by atoms with van der Waals surface area (Å²) in [5.41, 5.74) is 2.61. The molecule has 1 fully saturated rings. The van der Waals surface area contributed by atoms with Crippen LogP contribution >= 0.6 is 11.3 Å². The number of nitrogens with zero attached hydrogens (tertiary/aromatic N) is 2. The summed E-state index contributed by atoms with van der Waals surface area (Å²) in [7, 11) is 0. The number of carbonyl (C=O) groups is 1. The van der Waals surface area contributed by atoms with Crippen molar-refractivity contribution in [3.63, 3.8) is 0 Å². The number of amides is 1. The van der Waals surface area contributed by atoms with E-state index in [1.54, 1.807) is 11.3 Å². The molecule has 2 atom stereocenters. The van der Waals surface area contributed by atoms with E-state index in [4.69, 9.17) is 0 Å². The molecule has 3 rings (SSSR count). The molecule has 0 aliphatic carbocycles. The minimum atomic E-state index is 0.126. The summed E-state index contributed by atoms with van der Waals surface area (Å²) < 4.78 is 0. The molecule has 0 bridgehead atoms. The summed E-state index contributed by atoms with van der Waals surface area (Å²) in [5.74, 6) is 1.30. The van der Waals surface area contributed by atoms with Gasteiger partial charge in [-0.3, -0.25) is 4.79 Å². The minimum Gasteiger partial charge on any atom is -0.357 e. The standard InChI is InChI=1S/C19H27N3OS/c1-12(2)18-6-5-13(3)7-8-22(18)19(23)16-9-15(10-20-16)17-11-24-14(4)21-17/h9-13,18,20H,5-8H2,1-4H3. The average Bonchev–Trinajstić information content (AvgIpc) is 3.13. The lowest BCUT2D eigenvalue weighted by molar-refractivity contribution is 0.0626. The Labute approximate surface area is 148 Å². The van der Waals surface area contributed by atoms with Crippen LogP contribution in [0, 0.1) is 18.8 Å². The Hall–Kier alpha value is -1.62. The van der Waals surface area contributed by atoms with Crippen LogP contribution in [-0.2, 0) is 0 Å². The van der Waals surface area contributed by atoms with Gasteiger partial charge in [0.15, 0.2) is 0 Å². The number of aromatic nitrogens is 2. The maximum absolute atomic E-state index is 13.1. The number of H-pyrrole nitrogens is 1. The molecule has 4 nitrogen and oxygen atoms in total. The van der Waals surface area contributed by atoms with Crippen molar-refractivity contribution in [1.82, 2.24) is 14.9 Å². The molecule has 1 aliphatic heterocycles. The van der Waals surface area contributed by atoms with E-state index < -0.39 is 0 Å². The Kier molecular flexibility index (Phi) is 5.09. The molecule has 2 aromatic heterocycles. The normalized spacial score (nSPS) is 22.0. The fraction of sp³-hybridized carbons (Fsp3) is 0.579. The highest BCUT2D eigenvalue weighted by molar-refractivity contribution is 7.09. The number of nitrogens with one attached hydrogen (secondary N) is 1. The van der Waals surface area contributed by atoms with Gasteiger partial charge in [-0.15, -0.1) is 11.3 Å². The third-order valence-electron chi connectivity index (χ3n) is 5.08. The zero-order valence-corrected chi connectivity index (χ0v) is 15.8. The Morgan fingerprint density at radius 3 is 2.83 bits per heavy atom. The minimum absolute atomic E-state index is 0.126. The Morgan fingerprint density at radius 1 is 1.38 bits per heavy atom. The summed E-state index contributed by atoms with van der Waals surface area (Å²) in [6.45, 7) is 9.59. The van der Waals surface area contributed by atoms with Crippen molar-refractivity contribution in [2.45, 2.75) is 53.0 Å². The molecule has 0 aromatic carbocycles. The first-order chi connectivity index (χ1) is 11.5. The number of thiazole rings is 1. The van der Waals surface area contributed by atoms with Gasteiger partial charge in [-0.25, -0.2) is 4.98 Å². The third kappa shape index (κ3) is 3.56. The van der Waals surface area contributed by atoms with Gasteiger partial charge in [-0.05, 0) is 44.1 Å². The summed E-state index contributed by atoms with van der Waals surface area (Å²) in [6.07, 6.45) is 5.30. The number of hydrogen-bond donors (Lipinski definition) is 1. The van der Waals surface area contributed by atoms with E-state index in [0.29, 0.717) is 23.6 Å². The number of aryl methyl sites for hydroxylation is 1. The number of likely N-dealkylation sites (tertiary alicyclic amines) is 1. The maximum atomic E-state index is 13.1. The number of rotatable bonds is 3. The molecular weight excluding hydrogens is 318 g/mol. The number of aromatic amines is 1. The fourth-order valence-corrected chi connectivity index (χ4v) is 4.16. The first kappa shape index (κ1) is 17.2. The van der Waals surface area contributed by atoms with Crippen molar-refractivity contribution in [2.24, 2.45) is 11.8 Å². The van der Waals surface area contributed by atoms with Gasteiger partial charge < -0.3 is 9.88 Å². The van der Waals surface area contributed by atoms with Crippen LogP contribution in [0.3, 0.4) is 0 Å². The molecule has 1 saturated heterocycles. The molecule has 0 saturated carbocycles. The molecule has 5 heteroatoms. The van der Waals surface area contributed by atoms with E-state index in [0.717, 1.165) is 35.7 Å². The van der Waals surface area contributed by atoms with Gasteiger partial charge in [0, 0.05) is 29.7 Å². The van der Waals surface area contributed by atoms with Crippen LogP contribution in [0.5, 0.6) is 0 Å². The van der Waals surface area contributed by atoms with Crippen LogP contribution in [0.2, 0.25) is 0 Å². The van der Waals surface area contributed by atoms with Crippen molar-refractivity contribution >= 4 is 17.2 Å². The van der Waals surface area contributed by atoms with Crippen LogP contribution in [0.1, 0.15) is 55.5 Å². The largest absolute Gasteiger partial charge is 0.357 e. The second-order valence-electron chi connectivity index (χ2n) is 7.33. The lowest BCUT2D eigenvalue weighted by Gasteiger charge is -2.32. The molecule has 3 heterocycles. The van der Waals surface area contributed by atoms with Gasteiger partial charge in [0.05, 0.1) is 10.7 Å². The maximum Gasteiger partial charge on any atom is 0.270 e. The SMILES string of the molecule is Cc1nc(-c2c[nH]c(C(=O)N3CCC(C)CCC3C(C)C)c2)cs1. The first-order valence-corrected chi connectivity index (χ1v) is 9.75. The first-order valence-electron chi connectivity index (χ1n) is 8.87. The van der Waals surface area contributed by atoms with Crippen molar-refractivity contribution in [3.05, 3.63) is 28.3 Å². The topological polar surface area (TPSA) is 49.0 Å². The zero-order valence-electron chi connectivity index (χ0n) is 15.0. The van der Waals surface area contributed by atoms with Crippen molar-refractivity contribution in [3.8, 4) is 11.3 Å². The van der Waals surface area contributed by atoms with Crippen LogP contribution < -0.4 is 0 Å². The van der Waals surface area contributed by atoms with Crippen molar-refractivity contribution < 1.29 is 4.79 Å². The average molecular weight is 346 g/mol. The van der Waals surface area contributed by atoms with Gasteiger partial charge >= 0.3 is 0 Å². The number of carbonyl (C=O) groups excluding carboxylic acids is 1. The Morgan fingerprint density at radius 2 is 2.17 bits per heavy atom. The second-order valence-corrected chi connectivity index (χ2v) is 8.40. The van der Waals surface area contributed by atoms with Crippen LogP contribution in [0.15, 0.2) is 17.6 Å². The van der Waals surface area contributed by atoms with Crippen LogP contribution in [0.4, 0.5) is 0 Å².